The topological polar surface area (TPSA) is 50.8 Å². The minimum atomic E-state index is -0.141. The molecule has 98 valence electrons. The first-order chi connectivity index (χ1) is 8.81. The van der Waals surface area contributed by atoms with Crippen LogP contribution in [-0.4, -0.2) is 45.9 Å². The Morgan fingerprint density at radius 3 is 2.83 bits per heavy atom. The Bertz CT molecular complexity index is 403. The molecule has 0 saturated carbocycles. The van der Waals surface area contributed by atoms with Gasteiger partial charge in [-0.15, -0.1) is 0 Å². The number of hydrogen-bond donors (Lipinski definition) is 1. The minimum absolute atomic E-state index is 0.0669. The lowest BCUT2D eigenvalue weighted by molar-refractivity contribution is -0.119. The van der Waals surface area contributed by atoms with Crippen LogP contribution in [0.1, 0.15) is 0 Å². The molecule has 1 aliphatic heterocycles. The van der Waals surface area contributed by atoms with Crippen LogP contribution in [0.4, 0.5) is 11.4 Å². The van der Waals surface area contributed by atoms with Gasteiger partial charge in [-0.3, -0.25) is 4.79 Å². The monoisotopic (exact) mass is 250 g/mol. The largest absolute Gasteiger partial charge is 0.378 e. The van der Waals surface area contributed by atoms with Gasteiger partial charge >= 0.3 is 0 Å². The van der Waals surface area contributed by atoms with E-state index in [1.54, 1.807) is 0 Å². The fourth-order valence-electron chi connectivity index (χ4n) is 1.98. The molecule has 0 aromatic heterocycles. The molecule has 1 aromatic rings. The number of hydrogen-bond acceptors (Lipinski definition) is 4. The third-order valence-corrected chi connectivity index (χ3v) is 2.81. The van der Waals surface area contributed by atoms with Crippen molar-refractivity contribution < 1.29 is 14.3 Å². The Morgan fingerprint density at radius 1 is 1.39 bits per heavy atom. The van der Waals surface area contributed by atoms with Crippen molar-refractivity contribution in [3.8, 4) is 0 Å². The number of carbonyl (C=O) groups is 1. The standard InChI is InChI=1S/C13H18N2O3/c1-17-10-13(16)14-11-4-2-3-5-12(11)15-6-8-18-9-7-15/h2-5H,6-10H2,1H3,(H,14,16). The van der Waals surface area contributed by atoms with Crippen LogP contribution in [0.5, 0.6) is 0 Å². The number of para-hydroxylation sites is 2. The number of nitrogens with zero attached hydrogens (tertiary/aromatic N) is 1. The number of ether oxygens (including phenoxy) is 2. The Hall–Kier alpha value is -1.59. The number of carbonyl (C=O) groups excluding carboxylic acids is 1. The number of benzene rings is 1. The van der Waals surface area contributed by atoms with E-state index in [-0.39, 0.29) is 12.5 Å². The van der Waals surface area contributed by atoms with Crippen molar-refractivity contribution in [3.63, 3.8) is 0 Å². The molecule has 1 N–H and O–H groups in total. The first kappa shape index (κ1) is 12.9. The van der Waals surface area contributed by atoms with Crippen LogP contribution in [0.3, 0.4) is 0 Å². The molecule has 5 nitrogen and oxygen atoms in total. The average Bonchev–Trinajstić information content (AvgIpc) is 2.40. The van der Waals surface area contributed by atoms with Gasteiger partial charge < -0.3 is 19.7 Å². The SMILES string of the molecule is COCC(=O)Nc1ccccc1N1CCOCC1. The Morgan fingerprint density at radius 2 is 2.11 bits per heavy atom. The maximum Gasteiger partial charge on any atom is 0.250 e. The highest BCUT2D eigenvalue weighted by atomic mass is 16.5. The van der Waals surface area contributed by atoms with Crippen molar-refractivity contribution in [3.05, 3.63) is 24.3 Å². The van der Waals surface area contributed by atoms with E-state index in [0.29, 0.717) is 0 Å². The van der Waals surface area contributed by atoms with Crippen molar-refractivity contribution in [2.75, 3.05) is 50.2 Å². The molecule has 0 spiro atoms. The van der Waals surface area contributed by atoms with Gasteiger partial charge in [-0.05, 0) is 12.1 Å². The molecule has 1 fully saturated rings. The van der Waals surface area contributed by atoms with Gasteiger partial charge in [0.15, 0.2) is 0 Å². The molecule has 0 bridgehead atoms. The van der Waals surface area contributed by atoms with Gasteiger partial charge in [0.2, 0.25) is 5.91 Å². The molecule has 1 amide bonds. The molecule has 5 heteroatoms. The highest BCUT2D eigenvalue weighted by molar-refractivity contribution is 5.95. The van der Waals surface area contributed by atoms with Crippen LogP contribution in [0.2, 0.25) is 0 Å². The maximum absolute atomic E-state index is 11.6. The summed E-state index contributed by atoms with van der Waals surface area (Å²) in [4.78, 5) is 13.8. The summed E-state index contributed by atoms with van der Waals surface area (Å²) in [5, 5.41) is 2.86. The van der Waals surface area contributed by atoms with Gasteiger partial charge in [0.05, 0.1) is 24.6 Å². The number of nitrogens with one attached hydrogen (secondary N) is 1. The summed E-state index contributed by atoms with van der Waals surface area (Å²) in [6.45, 7) is 3.20. The summed E-state index contributed by atoms with van der Waals surface area (Å²) < 4.78 is 10.1. The fourth-order valence-corrected chi connectivity index (χ4v) is 1.98. The summed E-state index contributed by atoms with van der Waals surface area (Å²) in [7, 11) is 1.51. The van der Waals surface area contributed by atoms with Gasteiger partial charge in [-0.1, -0.05) is 12.1 Å². The number of anilines is 2. The molecule has 1 aliphatic rings. The number of methoxy groups -OCH3 is 1. The second-order valence-corrected chi connectivity index (χ2v) is 4.10. The lowest BCUT2D eigenvalue weighted by atomic mass is 10.2. The van der Waals surface area contributed by atoms with Crippen LogP contribution < -0.4 is 10.2 Å². The van der Waals surface area contributed by atoms with E-state index < -0.39 is 0 Å². The lowest BCUT2D eigenvalue weighted by Crippen LogP contribution is -2.36. The van der Waals surface area contributed by atoms with Crippen molar-refractivity contribution in [2.24, 2.45) is 0 Å². The van der Waals surface area contributed by atoms with E-state index in [1.807, 2.05) is 24.3 Å². The zero-order valence-electron chi connectivity index (χ0n) is 10.5. The van der Waals surface area contributed by atoms with Gasteiger partial charge in [0, 0.05) is 20.2 Å². The summed E-state index contributed by atoms with van der Waals surface area (Å²) >= 11 is 0. The lowest BCUT2D eigenvalue weighted by Gasteiger charge is -2.30. The third kappa shape index (κ3) is 3.21. The quantitative estimate of drug-likeness (QED) is 0.869. The molecule has 1 aromatic carbocycles. The summed E-state index contributed by atoms with van der Waals surface area (Å²) in [5.74, 6) is -0.141. The highest BCUT2D eigenvalue weighted by Crippen LogP contribution is 2.26. The van der Waals surface area contributed by atoms with Crippen molar-refractivity contribution in [1.82, 2.24) is 0 Å². The van der Waals surface area contributed by atoms with Gasteiger partial charge in [-0.25, -0.2) is 0 Å². The smallest absolute Gasteiger partial charge is 0.250 e. The predicted molar refractivity (Wildman–Crippen MR) is 70.0 cm³/mol. The van der Waals surface area contributed by atoms with E-state index >= 15 is 0 Å². The molecule has 1 heterocycles. The van der Waals surface area contributed by atoms with E-state index in [1.165, 1.54) is 7.11 Å². The molecule has 1 saturated heterocycles. The van der Waals surface area contributed by atoms with Crippen LogP contribution in [0, 0.1) is 0 Å². The van der Waals surface area contributed by atoms with Crippen LogP contribution in [-0.2, 0) is 14.3 Å². The van der Waals surface area contributed by atoms with Crippen LogP contribution >= 0.6 is 0 Å². The Kier molecular flexibility index (Phi) is 4.55. The van der Waals surface area contributed by atoms with E-state index in [0.717, 1.165) is 37.7 Å². The normalized spacial score (nSPS) is 15.5. The van der Waals surface area contributed by atoms with Crippen molar-refractivity contribution >= 4 is 17.3 Å². The summed E-state index contributed by atoms with van der Waals surface area (Å²) in [6.07, 6.45) is 0. The number of morpholine rings is 1. The minimum Gasteiger partial charge on any atom is -0.378 e. The third-order valence-electron chi connectivity index (χ3n) is 2.81. The molecule has 18 heavy (non-hydrogen) atoms. The first-order valence-corrected chi connectivity index (χ1v) is 6.02. The predicted octanol–water partition coefficient (Wildman–Crippen LogP) is 1.11. The van der Waals surface area contributed by atoms with Gasteiger partial charge in [0.1, 0.15) is 6.61 Å². The average molecular weight is 250 g/mol. The molecule has 0 unspecified atom stereocenters. The van der Waals surface area contributed by atoms with Crippen LogP contribution in [0.15, 0.2) is 24.3 Å². The second kappa shape index (κ2) is 6.37. The molecular formula is C13H18N2O3. The molecule has 0 atom stereocenters. The van der Waals surface area contributed by atoms with Crippen molar-refractivity contribution in [1.29, 1.82) is 0 Å². The Balaban J connectivity index is 2.11. The van der Waals surface area contributed by atoms with Gasteiger partial charge in [0.25, 0.3) is 0 Å². The highest BCUT2D eigenvalue weighted by Gasteiger charge is 2.15. The summed E-state index contributed by atoms with van der Waals surface area (Å²) in [5.41, 5.74) is 1.85. The maximum atomic E-state index is 11.6. The fraction of sp³-hybridized carbons (Fsp3) is 0.462. The first-order valence-electron chi connectivity index (χ1n) is 6.02. The Labute approximate surface area is 107 Å². The second-order valence-electron chi connectivity index (χ2n) is 4.10. The number of amides is 1. The molecule has 0 radical (unpaired) electrons. The zero-order chi connectivity index (χ0) is 12.8. The molecule has 0 aliphatic carbocycles. The van der Waals surface area contributed by atoms with Crippen molar-refractivity contribution in [2.45, 2.75) is 0 Å². The van der Waals surface area contributed by atoms with E-state index in [4.69, 9.17) is 9.47 Å². The summed E-state index contributed by atoms with van der Waals surface area (Å²) in [6, 6.07) is 7.79. The molecule has 2 rings (SSSR count). The van der Waals surface area contributed by atoms with E-state index in [9.17, 15) is 4.79 Å². The zero-order valence-corrected chi connectivity index (χ0v) is 10.5. The van der Waals surface area contributed by atoms with Gasteiger partial charge in [-0.2, -0.15) is 0 Å². The number of rotatable bonds is 4. The van der Waals surface area contributed by atoms with Crippen LogP contribution in [0.25, 0.3) is 0 Å². The van der Waals surface area contributed by atoms with E-state index in [2.05, 4.69) is 10.2 Å². The molecular weight excluding hydrogens is 232 g/mol.